The molecular formula is C22H34Cl2N2O2. The number of rotatable bonds is 10. The van der Waals surface area contributed by atoms with Gasteiger partial charge in [0.05, 0.1) is 46.7 Å². The number of nitrogens with one attached hydrogen (secondary N) is 2. The minimum Gasteiger partial charge on any atom is -1.00 e. The van der Waals surface area contributed by atoms with Crippen molar-refractivity contribution < 1.29 is 44.5 Å². The molecule has 158 valence electrons. The van der Waals surface area contributed by atoms with Crippen LogP contribution in [-0.2, 0) is 10.2 Å². The van der Waals surface area contributed by atoms with Crippen LogP contribution in [0.1, 0.15) is 31.2 Å². The van der Waals surface area contributed by atoms with Gasteiger partial charge in [-0.1, -0.05) is 42.5 Å². The van der Waals surface area contributed by atoms with Crippen molar-refractivity contribution >= 4 is 16.7 Å². The molecule has 0 aliphatic rings. The number of carboxylic acid groups (broad SMARTS) is 1. The normalized spacial score (nSPS) is 11.4. The largest absolute Gasteiger partial charge is 1.00 e. The van der Waals surface area contributed by atoms with E-state index >= 15 is 0 Å². The Morgan fingerprint density at radius 1 is 0.857 bits per heavy atom. The molecule has 3 N–H and O–H groups in total. The van der Waals surface area contributed by atoms with Crippen LogP contribution in [-0.4, -0.2) is 52.4 Å². The van der Waals surface area contributed by atoms with Crippen LogP contribution in [0.2, 0.25) is 0 Å². The van der Waals surface area contributed by atoms with Crippen molar-refractivity contribution in [1.82, 2.24) is 0 Å². The molecule has 0 unspecified atom stereocenters. The molecule has 0 saturated heterocycles. The number of hydrogen-bond donors (Lipinski definition) is 3. The highest BCUT2D eigenvalue weighted by Gasteiger charge is 2.40. The zero-order valence-corrected chi connectivity index (χ0v) is 18.9. The van der Waals surface area contributed by atoms with E-state index in [9.17, 15) is 9.90 Å². The summed E-state index contributed by atoms with van der Waals surface area (Å²) >= 11 is 0. The molecule has 0 atom stereocenters. The number of hydrogen-bond acceptors (Lipinski definition) is 1. The van der Waals surface area contributed by atoms with Gasteiger partial charge < -0.3 is 39.7 Å². The second-order valence-electron chi connectivity index (χ2n) is 8.04. The van der Waals surface area contributed by atoms with E-state index < -0.39 is 11.4 Å². The Morgan fingerprint density at radius 3 is 1.86 bits per heavy atom. The van der Waals surface area contributed by atoms with Crippen molar-refractivity contribution in [2.24, 2.45) is 0 Å². The predicted octanol–water partition coefficient (Wildman–Crippen LogP) is -4.98. The van der Waals surface area contributed by atoms with Gasteiger partial charge in [-0.15, -0.1) is 0 Å². The average molecular weight is 429 g/mol. The molecule has 4 nitrogen and oxygen atoms in total. The molecule has 0 aromatic heterocycles. The Hall–Kier alpha value is -1.33. The van der Waals surface area contributed by atoms with Gasteiger partial charge in [0.25, 0.3) is 0 Å². The van der Waals surface area contributed by atoms with Crippen LogP contribution in [0.4, 0.5) is 0 Å². The second-order valence-corrected chi connectivity index (χ2v) is 8.04. The molecule has 0 aliphatic heterocycles. The summed E-state index contributed by atoms with van der Waals surface area (Å²) < 4.78 is 0. The van der Waals surface area contributed by atoms with Crippen molar-refractivity contribution in [3.63, 3.8) is 0 Å². The van der Waals surface area contributed by atoms with Crippen LogP contribution in [0, 0.1) is 0 Å². The van der Waals surface area contributed by atoms with Crippen molar-refractivity contribution in [2.75, 3.05) is 41.3 Å². The molecule has 0 radical (unpaired) electrons. The van der Waals surface area contributed by atoms with E-state index in [1.807, 2.05) is 24.3 Å². The van der Waals surface area contributed by atoms with Crippen molar-refractivity contribution in [3.05, 3.63) is 48.0 Å². The summed E-state index contributed by atoms with van der Waals surface area (Å²) in [6, 6.07) is 14.3. The first-order valence-corrected chi connectivity index (χ1v) is 9.66. The Labute approximate surface area is 181 Å². The molecule has 0 heterocycles. The maximum absolute atomic E-state index is 12.6. The fourth-order valence-corrected chi connectivity index (χ4v) is 3.85. The Kier molecular flexibility index (Phi) is 11.7. The van der Waals surface area contributed by atoms with Crippen LogP contribution in [0.3, 0.4) is 0 Å². The third-order valence-corrected chi connectivity index (χ3v) is 5.28. The topological polar surface area (TPSA) is 46.2 Å². The first-order chi connectivity index (χ1) is 12.4. The molecule has 0 saturated carbocycles. The highest BCUT2D eigenvalue weighted by Crippen LogP contribution is 2.38. The first-order valence-electron chi connectivity index (χ1n) is 9.66. The summed E-state index contributed by atoms with van der Waals surface area (Å²) in [6.07, 6.45) is 3.19. The molecular weight excluding hydrogens is 395 g/mol. The van der Waals surface area contributed by atoms with Crippen molar-refractivity contribution in [2.45, 2.75) is 31.1 Å². The quantitative estimate of drug-likeness (QED) is 0.355. The molecule has 28 heavy (non-hydrogen) atoms. The van der Waals surface area contributed by atoms with Crippen LogP contribution in [0.15, 0.2) is 42.5 Å². The van der Waals surface area contributed by atoms with Crippen LogP contribution in [0.5, 0.6) is 0 Å². The van der Waals surface area contributed by atoms with Gasteiger partial charge in [0, 0.05) is 0 Å². The molecule has 2 aromatic rings. The van der Waals surface area contributed by atoms with Gasteiger partial charge in [-0.25, -0.2) is 0 Å². The van der Waals surface area contributed by atoms with E-state index in [1.165, 1.54) is 9.80 Å². The van der Waals surface area contributed by atoms with Crippen LogP contribution < -0.4 is 34.6 Å². The Balaban J connectivity index is 0.00000364. The fraction of sp³-hybridized carbons (Fsp3) is 0.500. The lowest BCUT2D eigenvalue weighted by Gasteiger charge is -2.31. The SMILES string of the molecule is C[NH+](C)CCCC(CCC[NH+](C)C)(C(=O)O)c1cccc2ccccc12.[Cl-].[Cl-]. The summed E-state index contributed by atoms with van der Waals surface area (Å²) in [5, 5.41) is 12.5. The summed E-state index contributed by atoms with van der Waals surface area (Å²) in [5.41, 5.74) is 0.164. The Bertz CT molecular complexity index is 716. The fourth-order valence-electron chi connectivity index (χ4n) is 3.85. The highest BCUT2D eigenvalue weighted by molar-refractivity contribution is 5.93. The van der Waals surface area contributed by atoms with Gasteiger partial charge in [-0.3, -0.25) is 4.79 Å². The van der Waals surface area contributed by atoms with E-state index in [1.54, 1.807) is 0 Å². The summed E-state index contributed by atoms with van der Waals surface area (Å²) in [7, 11) is 8.48. The van der Waals surface area contributed by atoms with E-state index in [4.69, 9.17) is 0 Å². The number of quaternary nitrogens is 2. The van der Waals surface area contributed by atoms with Gasteiger partial charge >= 0.3 is 5.97 Å². The molecule has 0 spiro atoms. The predicted molar refractivity (Wildman–Crippen MR) is 107 cm³/mol. The van der Waals surface area contributed by atoms with E-state index in [-0.39, 0.29) is 24.8 Å². The number of fused-ring (bicyclic) bond motifs is 1. The third kappa shape index (κ3) is 6.63. The molecule has 0 bridgehead atoms. The number of benzene rings is 2. The summed E-state index contributed by atoms with van der Waals surface area (Å²) in [5.74, 6) is -0.684. The Morgan fingerprint density at radius 2 is 1.36 bits per heavy atom. The van der Waals surface area contributed by atoms with Gasteiger partial charge in [-0.2, -0.15) is 0 Å². The summed E-state index contributed by atoms with van der Waals surface area (Å²) in [6.45, 7) is 1.97. The molecule has 2 rings (SSSR count). The van der Waals surface area contributed by atoms with E-state index in [2.05, 4.69) is 46.4 Å². The van der Waals surface area contributed by atoms with Gasteiger partial charge in [-0.05, 0) is 42.0 Å². The molecule has 2 aromatic carbocycles. The summed E-state index contributed by atoms with van der Waals surface area (Å²) in [4.78, 5) is 15.3. The zero-order valence-electron chi connectivity index (χ0n) is 17.4. The number of carboxylic acids is 1. The van der Waals surface area contributed by atoms with Gasteiger partial charge in [0.2, 0.25) is 0 Å². The maximum Gasteiger partial charge on any atom is 0.314 e. The smallest absolute Gasteiger partial charge is 0.314 e. The highest BCUT2D eigenvalue weighted by atomic mass is 35.5. The van der Waals surface area contributed by atoms with Crippen LogP contribution >= 0.6 is 0 Å². The third-order valence-electron chi connectivity index (χ3n) is 5.28. The lowest BCUT2D eigenvalue weighted by atomic mass is 9.71. The molecule has 0 amide bonds. The maximum atomic E-state index is 12.6. The van der Waals surface area contributed by atoms with Crippen LogP contribution in [0.25, 0.3) is 10.8 Å². The number of aliphatic carboxylic acids is 1. The van der Waals surface area contributed by atoms with Crippen molar-refractivity contribution in [3.8, 4) is 0 Å². The lowest BCUT2D eigenvalue weighted by Crippen LogP contribution is -3.05. The molecule has 0 aliphatic carbocycles. The standard InChI is InChI=1S/C22H32N2O2.2ClH/c1-23(2)16-8-14-22(21(25)26,15-9-17-24(3)4)20-13-7-11-18-10-5-6-12-19(18)20;;/h5-7,10-13H,8-9,14-17H2,1-4H3,(H,25,26);2*1H. The van der Waals surface area contributed by atoms with E-state index in [0.29, 0.717) is 12.8 Å². The second kappa shape index (κ2) is 12.3. The zero-order chi connectivity index (χ0) is 19.2. The van der Waals surface area contributed by atoms with Crippen molar-refractivity contribution in [1.29, 1.82) is 0 Å². The first kappa shape index (κ1) is 26.7. The van der Waals surface area contributed by atoms with Gasteiger partial charge in [0.1, 0.15) is 0 Å². The lowest BCUT2D eigenvalue weighted by molar-refractivity contribution is -0.858. The molecule has 6 heteroatoms. The minimum atomic E-state index is -0.814. The number of carbonyl (C=O) groups is 1. The average Bonchev–Trinajstić information content (AvgIpc) is 2.59. The minimum absolute atomic E-state index is 0. The monoisotopic (exact) mass is 428 g/mol. The van der Waals surface area contributed by atoms with Gasteiger partial charge in [0.15, 0.2) is 0 Å². The number of halogens is 2. The molecule has 0 fully saturated rings. The van der Waals surface area contributed by atoms with E-state index in [0.717, 1.165) is 42.3 Å².